The van der Waals surface area contributed by atoms with Crippen molar-refractivity contribution in [2.45, 2.75) is 236 Å². The van der Waals surface area contributed by atoms with Gasteiger partial charge < -0.3 is 62.7 Å². The van der Waals surface area contributed by atoms with Crippen molar-refractivity contribution in [1.29, 1.82) is 0 Å². The molecule has 0 radical (unpaired) electrons. The van der Waals surface area contributed by atoms with Gasteiger partial charge >= 0.3 is 11.9 Å². The highest BCUT2D eigenvalue weighted by atomic mass is 31.2. The molecule has 0 heterocycles. The molecule has 370 valence electrons. The number of unbranched alkanes of at least 4 members (excludes halogenated alkanes) is 22. The quantitative estimate of drug-likeness (QED) is 0.0207. The Bertz CT molecular complexity index is 1330. The molecule has 8 atom stereocenters. The minimum atomic E-state index is -5.88. The largest absolute Gasteiger partial charge is 0.790 e. The fourth-order valence-corrected chi connectivity index (χ4v) is 8.74. The molecule has 16 nitrogen and oxygen atoms in total. The zero-order chi connectivity index (χ0) is 46.8. The van der Waals surface area contributed by atoms with Gasteiger partial charge in [-0.05, 0) is 64.2 Å². The first-order chi connectivity index (χ1) is 30.1. The Morgan fingerprint density at radius 3 is 1.32 bits per heavy atom. The van der Waals surface area contributed by atoms with Gasteiger partial charge in [0.15, 0.2) is 6.10 Å². The summed E-state index contributed by atoms with van der Waals surface area (Å²) in [6.45, 7) is 2.96. The van der Waals surface area contributed by atoms with E-state index in [2.05, 4.69) is 42.7 Å². The van der Waals surface area contributed by atoms with Crippen LogP contribution in [-0.2, 0) is 41.8 Å². The summed E-state index contributed by atoms with van der Waals surface area (Å²) in [5.74, 6) is -1.28. The van der Waals surface area contributed by atoms with E-state index in [0.29, 0.717) is 12.8 Å². The second-order valence-corrected chi connectivity index (χ2v) is 19.2. The number of carbonyl (C=O) groups is 2. The van der Waals surface area contributed by atoms with E-state index in [1.165, 1.54) is 77.0 Å². The van der Waals surface area contributed by atoms with Crippen LogP contribution < -0.4 is 14.7 Å². The standard InChI is InChI=1S/C45H84O16P2/c1-3-5-7-9-11-13-15-17-19-21-23-25-27-29-31-33-38(46)57-35-37(59-39(47)34-32-30-28-26-24-22-20-18-16-14-12-10-8-6-4-2)36-58-63(55,56)61-45-42(50)40(48)41(49)44(43(45)51)60-62(52,53)54/h17-20,37,40-45,48-51H,3-16,21-36H2,1-2H3,(H,55,56)(H2,52,53,54)/p-3/b19-17-,20-18-/t37-,40+,41+,42-,43-,44-,45+/m1/s1. The van der Waals surface area contributed by atoms with Crippen molar-refractivity contribution in [3.63, 3.8) is 0 Å². The molecule has 0 aromatic rings. The molecule has 1 rings (SSSR count). The number of allylic oxidation sites excluding steroid dienone is 4. The van der Waals surface area contributed by atoms with Crippen molar-refractivity contribution in [2.75, 3.05) is 13.2 Å². The first-order valence-corrected chi connectivity index (χ1v) is 26.8. The van der Waals surface area contributed by atoms with Crippen molar-refractivity contribution in [3.05, 3.63) is 24.3 Å². The Morgan fingerprint density at radius 2 is 0.889 bits per heavy atom. The minimum absolute atomic E-state index is 0.00834. The molecule has 1 fully saturated rings. The van der Waals surface area contributed by atoms with Crippen LogP contribution in [0.2, 0.25) is 0 Å². The molecule has 1 saturated carbocycles. The van der Waals surface area contributed by atoms with Crippen LogP contribution in [0.1, 0.15) is 194 Å². The first kappa shape index (κ1) is 59.5. The number of hydrogen-bond donors (Lipinski definition) is 4. The van der Waals surface area contributed by atoms with Gasteiger partial charge in [0.2, 0.25) is 0 Å². The molecule has 0 aromatic heterocycles. The van der Waals surface area contributed by atoms with Gasteiger partial charge in [-0.2, -0.15) is 0 Å². The van der Waals surface area contributed by atoms with Crippen molar-refractivity contribution < 1.29 is 76.9 Å². The summed E-state index contributed by atoms with van der Waals surface area (Å²) in [6, 6.07) is 0. The Labute approximate surface area is 377 Å². The third-order valence-electron chi connectivity index (χ3n) is 11.0. The third-order valence-corrected chi connectivity index (χ3v) is 12.4. The maximum absolute atomic E-state index is 12.8. The summed E-state index contributed by atoms with van der Waals surface area (Å²) < 4.78 is 48.4. The fraction of sp³-hybridized carbons (Fsp3) is 0.867. The predicted molar refractivity (Wildman–Crippen MR) is 235 cm³/mol. The zero-order valence-corrected chi connectivity index (χ0v) is 39.9. The van der Waals surface area contributed by atoms with Gasteiger partial charge in [0.25, 0.3) is 7.82 Å². The van der Waals surface area contributed by atoms with E-state index in [4.69, 9.17) is 18.5 Å². The number of phosphoric acid groups is 2. The molecule has 0 saturated heterocycles. The third kappa shape index (κ3) is 31.2. The lowest BCUT2D eigenvalue weighted by molar-refractivity contribution is -0.353. The van der Waals surface area contributed by atoms with Gasteiger partial charge in [0.05, 0.1) is 14.4 Å². The Balaban J connectivity index is 2.60. The lowest BCUT2D eigenvalue weighted by atomic mass is 9.85. The Morgan fingerprint density at radius 1 is 0.508 bits per heavy atom. The molecule has 0 bridgehead atoms. The molecule has 0 aromatic carbocycles. The molecule has 0 spiro atoms. The molecule has 0 aliphatic heterocycles. The van der Waals surface area contributed by atoms with Crippen molar-refractivity contribution >= 4 is 27.6 Å². The summed E-state index contributed by atoms with van der Waals surface area (Å²) >= 11 is 0. The maximum Gasteiger partial charge on any atom is 0.306 e. The monoisotopic (exact) mass is 940 g/mol. The molecular weight excluding hydrogens is 858 g/mol. The fourth-order valence-electron chi connectivity index (χ4n) is 7.23. The summed E-state index contributed by atoms with van der Waals surface area (Å²) in [7, 11) is -11.5. The second kappa shape index (κ2) is 36.6. The first-order valence-electron chi connectivity index (χ1n) is 23.8. The second-order valence-electron chi connectivity index (χ2n) is 16.8. The lowest BCUT2D eigenvalue weighted by Crippen LogP contribution is -2.65. The number of aliphatic hydroxyl groups excluding tert-OH is 4. The van der Waals surface area contributed by atoms with Gasteiger partial charge in [-0.3, -0.25) is 14.2 Å². The van der Waals surface area contributed by atoms with E-state index in [1.807, 2.05) is 0 Å². The summed E-state index contributed by atoms with van der Waals surface area (Å²) in [5.41, 5.74) is 0. The average molecular weight is 940 g/mol. The number of phosphoric ester groups is 2. The van der Waals surface area contributed by atoms with E-state index < -0.39 is 83.5 Å². The highest BCUT2D eigenvalue weighted by Gasteiger charge is 2.51. The van der Waals surface area contributed by atoms with E-state index in [1.54, 1.807) is 0 Å². The van der Waals surface area contributed by atoms with Gasteiger partial charge in [0.1, 0.15) is 43.2 Å². The number of aliphatic hydroxyl groups is 4. The van der Waals surface area contributed by atoms with Crippen LogP contribution in [0.4, 0.5) is 0 Å². The average Bonchev–Trinajstić information content (AvgIpc) is 3.23. The molecule has 1 aliphatic carbocycles. The predicted octanol–water partition coefficient (Wildman–Crippen LogP) is 7.06. The van der Waals surface area contributed by atoms with E-state index in [0.717, 1.165) is 77.0 Å². The van der Waals surface area contributed by atoms with Crippen molar-refractivity contribution in [2.24, 2.45) is 0 Å². The number of hydrogen-bond acceptors (Lipinski definition) is 16. The van der Waals surface area contributed by atoms with Gasteiger partial charge in [-0.15, -0.1) is 0 Å². The molecule has 18 heteroatoms. The van der Waals surface area contributed by atoms with Crippen LogP contribution >= 0.6 is 15.6 Å². The number of esters is 2. The number of rotatable bonds is 40. The molecule has 4 N–H and O–H groups in total. The highest BCUT2D eigenvalue weighted by molar-refractivity contribution is 7.45. The Hall–Kier alpha value is -1.52. The topological polar surface area (TPSA) is 265 Å². The smallest absolute Gasteiger partial charge is 0.306 e. The molecular formula is C45H81O16P2-3. The number of carbonyl (C=O) groups excluding carboxylic acids is 2. The van der Waals surface area contributed by atoms with Crippen LogP contribution in [-0.4, -0.2) is 88.3 Å². The highest BCUT2D eigenvalue weighted by Crippen LogP contribution is 2.45. The Kier molecular flexibility index (Phi) is 34.5. The molecule has 0 amide bonds. The summed E-state index contributed by atoms with van der Waals surface area (Å²) in [6.07, 6.45) is 21.7. The normalized spacial score (nSPS) is 22.1. The number of ether oxygens (including phenoxy) is 2. The van der Waals surface area contributed by atoms with Crippen molar-refractivity contribution in [3.8, 4) is 0 Å². The summed E-state index contributed by atoms with van der Waals surface area (Å²) in [5, 5.41) is 40.9. The zero-order valence-electron chi connectivity index (χ0n) is 38.1. The van der Waals surface area contributed by atoms with Crippen LogP contribution in [0.15, 0.2) is 24.3 Å². The van der Waals surface area contributed by atoms with Gasteiger partial charge in [0, 0.05) is 12.8 Å². The van der Waals surface area contributed by atoms with E-state index in [9.17, 15) is 53.8 Å². The summed E-state index contributed by atoms with van der Waals surface area (Å²) in [4.78, 5) is 60.5. The molecule has 1 aliphatic rings. The lowest BCUT2D eigenvalue weighted by Gasteiger charge is -2.47. The van der Waals surface area contributed by atoms with Gasteiger partial charge in [-0.1, -0.05) is 141 Å². The minimum Gasteiger partial charge on any atom is -0.790 e. The SMILES string of the molecule is CCCCCCCC/C=C\CCCCCCCC(=O)OC[C@H](COP(=O)([O-])O[C@@H]1[C@H](O)[C@H](OP(=O)([O-])[O-])[C@@H](O)[C@H](O)[C@H]1O)OC(=O)CCCCCCC/C=C\CCCCCCCC. The maximum atomic E-state index is 12.8. The van der Waals surface area contributed by atoms with Gasteiger partial charge in [-0.25, -0.2) is 0 Å². The van der Waals surface area contributed by atoms with Crippen molar-refractivity contribution in [1.82, 2.24) is 0 Å². The van der Waals surface area contributed by atoms with Crippen LogP contribution in [0.5, 0.6) is 0 Å². The molecule has 1 unspecified atom stereocenters. The van der Waals surface area contributed by atoms with Crippen LogP contribution in [0, 0.1) is 0 Å². The molecule has 63 heavy (non-hydrogen) atoms. The van der Waals surface area contributed by atoms with E-state index >= 15 is 0 Å². The van der Waals surface area contributed by atoms with E-state index in [-0.39, 0.29) is 12.8 Å². The van der Waals surface area contributed by atoms with Crippen LogP contribution in [0.25, 0.3) is 0 Å². The van der Waals surface area contributed by atoms with Crippen LogP contribution in [0.3, 0.4) is 0 Å².